The summed E-state index contributed by atoms with van der Waals surface area (Å²) in [6.45, 7) is 19.6. The molecule has 0 saturated carbocycles. The van der Waals surface area contributed by atoms with Crippen LogP contribution in [0.25, 0.3) is 16.6 Å². The first-order valence-corrected chi connectivity index (χ1v) is 8.98. The molecule has 3 heteroatoms. The molecule has 0 aliphatic rings. The lowest BCUT2D eigenvalue weighted by molar-refractivity contribution is 0.178. The molecule has 0 atom stereocenters. The lowest BCUT2D eigenvalue weighted by atomic mass is 10.1. The van der Waals surface area contributed by atoms with Crippen molar-refractivity contribution in [2.75, 3.05) is 13.1 Å². The number of aryl methyl sites for hydroxylation is 2. The fourth-order valence-corrected chi connectivity index (χ4v) is 3.49. The Hall–Kier alpha value is -1.74. The molecule has 2 rings (SSSR count). The number of benzene rings is 1. The molecular formula is C21H33N3. The summed E-state index contributed by atoms with van der Waals surface area (Å²) >= 11 is 0. The second-order valence-corrected chi connectivity index (χ2v) is 7.33. The molecule has 1 heterocycles. The standard InChI is InChI=1S/C21H33N3/c1-14(2)24(15(3)4)12-11-22-17(6)19-9-10-21-20(13-19)16(5)18(7)23(21)8/h9-10,13-15,22H,6,11-12H2,1-5,7-8H3. The van der Waals surface area contributed by atoms with Crippen molar-refractivity contribution in [3.8, 4) is 0 Å². The van der Waals surface area contributed by atoms with Gasteiger partial charge in [-0.15, -0.1) is 0 Å². The third-order valence-electron chi connectivity index (χ3n) is 5.19. The van der Waals surface area contributed by atoms with Crippen molar-refractivity contribution < 1.29 is 0 Å². The first kappa shape index (κ1) is 18.6. The average molecular weight is 328 g/mol. The third kappa shape index (κ3) is 3.67. The van der Waals surface area contributed by atoms with Gasteiger partial charge in [0.1, 0.15) is 0 Å². The highest BCUT2D eigenvalue weighted by molar-refractivity contribution is 5.88. The average Bonchev–Trinajstić information content (AvgIpc) is 2.75. The summed E-state index contributed by atoms with van der Waals surface area (Å²) in [4.78, 5) is 2.49. The van der Waals surface area contributed by atoms with Gasteiger partial charge in [0.15, 0.2) is 0 Å². The molecule has 0 bridgehead atoms. The highest BCUT2D eigenvalue weighted by atomic mass is 15.2. The summed E-state index contributed by atoms with van der Waals surface area (Å²) in [6, 6.07) is 7.75. The van der Waals surface area contributed by atoms with Gasteiger partial charge in [-0.05, 0) is 64.8 Å². The van der Waals surface area contributed by atoms with E-state index < -0.39 is 0 Å². The molecule has 132 valence electrons. The van der Waals surface area contributed by atoms with E-state index in [4.69, 9.17) is 0 Å². The maximum absolute atomic E-state index is 4.24. The van der Waals surface area contributed by atoms with Crippen LogP contribution in [0.15, 0.2) is 24.8 Å². The maximum atomic E-state index is 4.24. The fraction of sp³-hybridized carbons (Fsp3) is 0.524. The Bertz CT molecular complexity index is 714. The van der Waals surface area contributed by atoms with Crippen molar-refractivity contribution in [3.63, 3.8) is 0 Å². The van der Waals surface area contributed by atoms with Crippen molar-refractivity contribution in [1.82, 2.24) is 14.8 Å². The fourth-order valence-electron chi connectivity index (χ4n) is 3.49. The minimum atomic E-state index is 0.561. The van der Waals surface area contributed by atoms with Crippen LogP contribution in [-0.4, -0.2) is 34.6 Å². The maximum Gasteiger partial charge on any atom is 0.0483 e. The molecule has 0 aliphatic carbocycles. The molecule has 0 spiro atoms. The van der Waals surface area contributed by atoms with E-state index >= 15 is 0 Å². The van der Waals surface area contributed by atoms with Gasteiger partial charge < -0.3 is 9.88 Å². The van der Waals surface area contributed by atoms with Crippen molar-refractivity contribution in [2.45, 2.75) is 53.6 Å². The minimum absolute atomic E-state index is 0.561. The second kappa shape index (κ2) is 7.43. The topological polar surface area (TPSA) is 20.2 Å². The predicted molar refractivity (Wildman–Crippen MR) is 106 cm³/mol. The van der Waals surface area contributed by atoms with E-state index in [1.807, 2.05) is 0 Å². The molecule has 0 aliphatic heterocycles. The SMILES string of the molecule is C=C(NCCN(C(C)C)C(C)C)c1ccc2c(c1)c(C)c(C)n2C. The Morgan fingerprint density at radius 2 is 1.79 bits per heavy atom. The molecular weight excluding hydrogens is 294 g/mol. The number of nitrogens with one attached hydrogen (secondary N) is 1. The molecule has 0 unspecified atom stereocenters. The molecule has 2 aromatic rings. The number of rotatable bonds is 7. The quantitative estimate of drug-likeness (QED) is 0.809. The summed E-state index contributed by atoms with van der Waals surface area (Å²) in [6.07, 6.45) is 0. The minimum Gasteiger partial charge on any atom is -0.384 e. The first-order valence-electron chi connectivity index (χ1n) is 8.98. The van der Waals surface area contributed by atoms with Crippen LogP contribution >= 0.6 is 0 Å². The van der Waals surface area contributed by atoms with Gasteiger partial charge in [-0.2, -0.15) is 0 Å². The molecule has 1 N–H and O–H groups in total. The van der Waals surface area contributed by atoms with Crippen LogP contribution in [-0.2, 0) is 7.05 Å². The van der Waals surface area contributed by atoms with E-state index in [-0.39, 0.29) is 0 Å². The van der Waals surface area contributed by atoms with Gasteiger partial charge in [0, 0.05) is 54.5 Å². The van der Waals surface area contributed by atoms with Crippen molar-refractivity contribution in [2.24, 2.45) is 7.05 Å². The van der Waals surface area contributed by atoms with Gasteiger partial charge in [0.05, 0.1) is 0 Å². The summed E-state index contributed by atoms with van der Waals surface area (Å²) in [5, 5.41) is 4.82. The van der Waals surface area contributed by atoms with Crippen LogP contribution in [0.1, 0.15) is 44.5 Å². The van der Waals surface area contributed by atoms with E-state index in [0.29, 0.717) is 12.1 Å². The zero-order valence-electron chi connectivity index (χ0n) is 16.4. The van der Waals surface area contributed by atoms with Gasteiger partial charge >= 0.3 is 0 Å². The number of aromatic nitrogens is 1. The van der Waals surface area contributed by atoms with E-state index in [2.05, 4.69) is 88.2 Å². The first-order chi connectivity index (χ1) is 11.2. The molecule has 1 aromatic heterocycles. The van der Waals surface area contributed by atoms with Gasteiger partial charge in [-0.1, -0.05) is 12.6 Å². The van der Waals surface area contributed by atoms with Crippen LogP contribution in [0.5, 0.6) is 0 Å². The van der Waals surface area contributed by atoms with Crippen molar-refractivity contribution >= 4 is 16.6 Å². The van der Waals surface area contributed by atoms with Gasteiger partial charge in [0.2, 0.25) is 0 Å². The van der Waals surface area contributed by atoms with Gasteiger partial charge in [-0.3, -0.25) is 4.90 Å². The molecule has 0 amide bonds. The summed E-state index contributed by atoms with van der Waals surface area (Å²) in [7, 11) is 2.13. The van der Waals surface area contributed by atoms with E-state index in [1.54, 1.807) is 0 Å². The van der Waals surface area contributed by atoms with E-state index in [9.17, 15) is 0 Å². The largest absolute Gasteiger partial charge is 0.384 e. The van der Waals surface area contributed by atoms with Crippen LogP contribution in [0.4, 0.5) is 0 Å². The van der Waals surface area contributed by atoms with Crippen LogP contribution in [0, 0.1) is 13.8 Å². The van der Waals surface area contributed by atoms with Crippen molar-refractivity contribution in [1.29, 1.82) is 0 Å². The zero-order valence-corrected chi connectivity index (χ0v) is 16.4. The molecule has 0 saturated heterocycles. The Kier molecular flexibility index (Phi) is 5.76. The molecule has 3 nitrogen and oxygen atoms in total. The smallest absolute Gasteiger partial charge is 0.0483 e. The second-order valence-electron chi connectivity index (χ2n) is 7.33. The monoisotopic (exact) mass is 327 g/mol. The van der Waals surface area contributed by atoms with Gasteiger partial charge in [-0.25, -0.2) is 0 Å². The number of hydrogen-bond acceptors (Lipinski definition) is 2. The highest BCUT2D eigenvalue weighted by Crippen LogP contribution is 2.26. The van der Waals surface area contributed by atoms with Crippen LogP contribution in [0.2, 0.25) is 0 Å². The van der Waals surface area contributed by atoms with E-state index in [1.165, 1.54) is 27.7 Å². The predicted octanol–water partition coefficient (Wildman–Crippen LogP) is 4.47. The lowest BCUT2D eigenvalue weighted by Crippen LogP contribution is -2.41. The molecule has 0 radical (unpaired) electrons. The number of fused-ring (bicyclic) bond motifs is 1. The van der Waals surface area contributed by atoms with Crippen LogP contribution < -0.4 is 5.32 Å². The lowest BCUT2D eigenvalue weighted by Gasteiger charge is -2.30. The van der Waals surface area contributed by atoms with Gasteiger partial charge in [0.25, 0.3) is 0 Å². The molecule has 0 fully saturated rings. The Balaban J connectivity index is 2.08. The Labute approximate surface area is 147 Å². The summed E-state index contributed by atoms with van der Waals surface area (Å²) in [5.41, 5.74) is 6.15. The van der Waals surface area contributed by atoms with E-state index in [0.717, 1.165) is 18.8 Å². The van der Waals surface area contributed by atoms with Crippen LogP contribution in [0.3, 0.4) is 0 Å². The summed E-state index contributed by atoms with van der Waals surface area (Å²) in [5.74, 6) is 0. The Morgan fingerprint density at radius 1 is 1.17 bits per heavy atom. The van der Waals surface area contributed by atoms with Crippen molar-refractivity contribution in [3.05, 3.63) is 41.6 Å². The molecule has 1 aromatic carbocycles. The highest BCUT2D eigenvalue weighted by Gasteiger charge is 2.13. The Morgan fingerprint density at radius 3 is 2.38 bits per heavy atom. The number of nitrogens with zero attached hydrogens (tertiary/aromatic N) is 2. The number of hydrogen-bond donors (Lipinski definition) is 1. The third-order valence-corrected chi connectivity index (χ3v) is 5.19. The molecule has 24 heavy (non-hydrogen) atoms. The summed E-state index contributed by atoms with van der Waals surface area (Å²) < 4.78 is 2.26. The zero-order chi connectivity index (χ0) is 18.0. The normalized spacial score (nSPS) is 11.9.